The van der Waals surface area contributed by atoms with E-state index < -0.39 is 0 Å². The van der Waals surface area contributed by atoms with E-state index in [1.165, 1.54) is 0 Å². The summed E-state index contributed by atoms with van der Waals surface area (Å²) in [6, 6.07) is 14.1. The minimum atomic E-state index is 0.468. The van der Waals surface area contributed by atoms with Gasteiger partial charge in [0.2, 0.25) is 0 Å². The van der Waals surface area contributed by atoms with Crippen LogP contribution in [0.25, 0.3) is 11.5 Å². The van der Waals surface area contributed by atoms with Crippen LogP contribution in [0.3, 0.4) is 0 Å². The monoisotopic (exact) mass is 251 g/mol. The Balaban J connectivity index is 1.85. The van der Waals surface area contributed by atoms with E-state index in [0.29, 0.717) is 11.8 Å². The Morgan fingerprint density at radius 2 is 1.84 bits per heavy atom. The number of aryl methyl sites for hydroxylation is 1. The number of hydrogen-bond acceptors (Lipinski definition) is 4. The van der Waals surface area contributed by atoms with E-state index in [4.69, 9.17) is 4.42 Å². The third kappa shape index (κ3) is 2.47. The maximum Gasteiger partial charge on any atom is 0.299 e. The highest BCUT2D eigenvalue weighted by Crippen LogP contribution is 2.24. The molecule has 3 aromatic rings. The van der Waals surface area contributed by atoms with Crippen molar-refractivity contribution in [2.45, 2.75) is 6.92 Å². The Morgan fingerprint density at radius 3 is 2.63 bits per heavy atom. The number of hydrogen-bond donors (Lipinski definition) is 1. The van der Waals surface area contributed by atoms with E-state index in [1.54, 1.807) is 12.4 Å². The van der Waals surface area contributed by atoms with Crippen molar-refractivity contribution in [3.63, 3.8) is 0 Å². The van der Waals surface area contributed by atoms with E-state index in [0.717, 1.165) is 16.9 Å². The molecule has 1 N–H and O–H groups in total. The van der Waals surface area contributed by atoms with Crippen LogP contribution in [-0.4, -0.2) is 9.97 Å². The molecule has 1 aromatic carbocycles. The van der Waals surface area contributed by atoms with Crippen molar-refractivity contribution < 1.29 is 4.42 Å². The van der Waals surface area contributed by atoms with Crippen LogP contribution in [0, 0.1) is 6.92 Å². The summed E-state index contributed by atoms with van der Waals surface area (Å²) in [5.74, 6) is 0.650. The molecular weight excluding hydrogens is 238 g/mol. The van der Waals surface area contributed by atoms with Gasteiger partial charge in [-0.25, -0.2) is 4.98 Å². The van der Waals surface area contributed by atoms with Gasteiger partial charge in [0.05, 0.1) is 6.20 Å². The van der Waals surface area contributed by atoms with Crippen LogP contribution in [0.2, 0.25) is 0 Å². The summed E-state index contributed by atoms with van der Waals surface area (Å²) in [4.78, 5) is 8.44. The van der Waals surface area contributed by atoms with Crippen LogP contribution in [-0.2, 0) is 0 Å². The Hall–Kier alpha value is -2.62. The Kier molecular flexibility index (Phi) is 2.98. The first-order chi connectivity index (χ1) is 9.33. The van der Waals surface area contributed by atoms with Gasteiger partial charge in [-0.15, -0.1) is 0 Å². The predicted octanol–water partition coefficient (Wildman–Crippen LogP) is 3.79. The molecule has 0 saturated carbocycles. The number of nitrogens with one attached hydrogen (secondary N) is 1. The summed E-state index contributed by atoms with van der Waals surface area (Å²) in [5.41, 5.74) is 2.89. The van der Waals surface area contributed by atoms with E-state index in [9.17, 15) is 0 Å². The van der Waals surface area contributed by atoms with Gasteiger partial charge < -0.3 is 9.73 Å². The van der Waals surface area contributed by atoms with Gasteiger partial charge in [0.15, 0.2) is 5.76 Å². The smallest absolute Gasteiger partial charge is 0.299 e. The molecule has 2 aromatic heterocycles. The Labute approximate surface area is 111 Å². The van der Waals surface area contributed by atoms with Crippen molar-refractivity contribution >= 4 is 11.7 Å². The number of nitrogens with zero attached hydrogens (tertiary/aromatic N) is 2. The predicted molar refractivity (Wildman–Crippen MR) is 74.2 cm³/mol. The standard InChI is InChI=1S/C15H13N3O/c1-11-6-2-3-7-12(11)18-15-17-10-14(19-15)13-8-4-5-9-16-13/h2-10H,1H3,(H,17,18). The molecule has 0 atom stereocenters. The lowest BCUT2D eigenvalue weighted by molar-refractivity contribution is 0.590. The second-order valence-electron chi connectivity index (χ2n) is 4.18. The first-order valence-corrected chi connectivity index (χ1v) is 6.03. The molecule has 0 unspecified atom stereocenters. The summed E-state index contributed by atoms with van der Waals surface area (Å²) in [5, 5.41) is 3.16. The fourth-order valence-corrected chi connectivity index (χ4v) is 1.79. The second-order valence-corrected chi connectivity index (χ2v) is 4.18. The molecule has 2 heterocycles. The molecule has 0 amide bonds. The average Bonchev–Trinajstić information content (AvgIpc) is 2.91. The zero-order valence-corrected chi connectivity index (χ0v) is 10.5. The van der Waals surface area contributed by atoms with Gasteiger partial charge in [-0.1, -0.05) is 24.3 Å². The van der Waals surface area contributed by atoms with Gasteiger partial charge in [0, 0.05) is 11.9 Å². The van der Waals surface area contributed by atoms with Crippen molar-refractivity contribution in [2.75, 3.05) is 5.32 Å². The van der Waals surface area contributed by atoms with Crippen LogP contribution in [0.15, 0.2) is 59.3 Å². The van der Waals surface area contributed by atoms with Gasteiger partial charge >= 0.3 is 0 Å². The molecule has 0 aliphatic heterocycles. The van der Waals surface area contributed by atoms with Gasteiger partial charge in [-0.3, -0.25) is 4.98 Å². The number of para-hydroxylation sites is 1. The average molecular weight is 251 g/mol. The van der Waals surface area contributed by atoms with Crippen molar-refractivity contribution in [3.8, 4) is 11.5 Å². The lowest BCUT2D eigenvalue weighted by atomic mass is 10.2. The molecule has 0 radical (unpaired) electrons. The minimum absolute atomic E-state index is 0.468. The van der Waals surface area contributed by atoms with Gasteiger partial charge in [0.1, 0.15) is 5.69 Å². The second kappa shape index (κ2) is 4.94. The first-order valence-electron chi connectivity index (χ1n) is 6.03. The van der Waals surface area contributed by atoms with Crippen molar-refractivity contribution in [3.05, 3.63) is 60.4 Å². The highest BCUT2D eigenvalue weighted by Gasteiger charge is 2.07. The van der Waals surface area contributed by atoms with E-state index >= 15 is 0 Å². The number of anilines is 2. The van der Waals surface area contributed by atoms with Crippen LogP contribution < -0.4 is 5.32 Å². The maximum absolute atomic E-state index is 5.64. The molecule has 0 saturated heterocycles. The number of oxazole rings is 1. The summed E-state index contributed by atoms with van der Waals surface area (Å²) in [6.07, 6.45) is 3.40. The van der Waals surface area contributed by atoms with Crippen molar-refractivity contribution in [1.29, 1.82) is 0 Å². The molecule has 94 valence electrons. The fourth-order valence-electron chi connectivity index (χ4n) is 1.79. The normalized spacial score (nSPS) is 10.4. The van der Waals surface area contributed by atoms with Crippen LogP contribution >= 0.6 is 0 Å². The molecule has 0 bridgehead atoms. The molecule has 0 fully saturated rings. The third-order valence-electron chi connectivity index (χ3n) is 2.81. The van der Waals surface area contributed by atoms with Gasteiger partial charge in [-0.2, -0.15) is 0 Å². The van der Waals surface area contributed by atoms with Crippen LogP contribution in [0.1, 0.15) is 5.56 Å². The van der Waals surface area contributed by atoms with Crippen LogP contribution in [0.4, 0.5) is 11.7 Å². The quantitative estimate of drug-likeness (QED) is 0.769. The Morgan fingerprint density at radius 1 is 1.00 bits per heavy atom. The number of aromatic nitrogens is 2. The highest BCUT2D eigenvalue weighted by molar-refractivity contribution is 5.59. The summed E-state index contributed by atoms with van der Waals surface area (Å²) in [7, 11) is 0. The SMILES string of the molecule is Cc1ccccc1Nc1ncc(-c2ccccn2)o1. The third-order valence-corrected chi connectivity index (χ3v) is 2.81. The number of rotatable bonds is 3. The molecule has 3 rings (SSSR count). The van der Waals surface area contributed by atoms with Crippen molar-refractivity contribution in [2.24, 2.45) is 0 Å². The van der Waals surface area contributed by atoms with Gasteiger partial charge in [-0.05, 0) is 30.7 Å². The number of pyridine rings is 1. The van der Waals surface area contributed by atoms with E-state index in [1.807, 2.05) is 49.4 Å². The van der Waals surface area contributed by atoms with Crippen molar-refractivity contribution in [1.82, 2.24) is 9.97 Å². The number of benzene rings is 1. The molecule has 0 spiro atoms. The zero-order chi connectivity index (χ0) is 13.1. The molecule has 0 aliphatic rings. The molecule has 19 heavy (non-hydrogen) atoms. The first kappa shape index (κ1) is 11.5. The van der Waals surface area contributed by atoms with Gasteiger partial charge in [0.25, 0.3) is 6.01 Å². The summed E-state index contributed by atoms with van der Waals surface area (Å²) < 4.78 is 5.64. The molecule has 0 aliphatic carbocycles. The minimum Gasteiger partial charge on any atom is -0.422 e. The molecule has 4 nitrogen and oxygen atoms in total. The lowest BCUT2D eigenvalue weighted by Crippen LogP contribution is -1.92. The zero-order valence-electron chi connectivity index (χ0n) is 10.5. The van der Waals surface area contributed by atoms with E-state index in [2.05, 4.69) is 15.3 Å². The van der Waals surface area contributed by atoms with Crippen LogP contribution in [0.5, 0.6) is 0 Å². The molecule has 4 heteroatoms. The maximum atomic E-state index is 5.64. The summed E-state index contributed by atoms with van der Waals surface area (Å²) in [6.45, 7) is 2.03. The largest absolute Gasteiger partial charge is 0.422 e. The topological polar surface area (TPSA) is 51.0 Å². The lowest BCUT2D eigenvalue weighted by Gasteiger charge is -2.04. The molecular formula is C15H13N3O. The Bertz CT molecular complexity index is 677. The summed E-state index contributed by atoms with van der Waals surface area (Å²) >= 11 is 0. The van der Waals surface area contributed by atoms with E-state index in [-0.39, 0.29) is 0 Å². The fraction of sp³-hybridized carbons (Fsp3) is 0.0667. The highest BCUT2D eigenvalue weighted by atomic mass is 16.4.